The summed E-state index contributed by atoms with van der Waals surface area (Å²) in [6.45, 7) is 2.15. The molecule has 1 aliphatic heterocycles. The van der Waals surface area contributed by atoms with Crippen molar-refractivity contribution in [1.29, 1.82) is 0 Å². The van der Waals surface area contributed by atoms with Crippen LogP contribution in [0.3, 0.4) is 0 Å². The van der Waals surface area contributed by atoms with Crippen LogP contribution in [0.4, 0.5) is 0 Å². The minimum atomic E-state index is 1.03. The molecule has 1 aromatic carbocycles. The summed E-state index contributed by atoms with van der Waals surface area (Å²) in [6, 6.07) is 8.66. The van der Waals surface area contributed by atoms with Gasteiger partial charge < -0.3 is 0 Å². The summed E-state index contributed by atoms with van der Waals surface area (Å²) in [4.78, 5) is 0. The minimum absolute atomic E-state index is 1.03. The van der Waals surface area contributed by atoms with Crippen molar-refractivity contribution in [1.82, 2.24) is 10.4 Å². The van der Waals surface area contributed by atoms with Crippen molar-refractivity contribution in [3.05, 3.63) is 35.4 Å². The Kier molecular flexibility index (Phi) is 2.11. The normalized spacial score (nSPS) is 17.4. The highest BCUT2D eigenvalue weighted by molar-refractivity contribution is 5.28. The lowest BCUT2D eigenvalue weighted by Crippen LogP contribution is -2.39. The maximum atomic E-state index is 3.18. The fraction of sp³-hybridized carbons (Fsp3) is 0.400. The van der Waals surface area contributed by atoms with E-state index in [1.165, 1.54) is 11.1 Å². The Bertz CT molecular complexity index is 270. The molecule has 0 fully saturated rings. The fourth-order valence-corrected chi connectivity index (χ4v) is 1.69. The van der Waals surface area contributed by atoms with E-state index in [4.69, 9.17) is 0 Å². The van der Waals surface area contributed by atoms with Gasteiger partial charge >= 0.3 is 0 Å². The van der Waals surface area contributed by atoms with Crippen LogP contribution >= 0.6 is 0 Å². The molecular weight excluding hydrogens is 148 g/mol. The molecule has 0 saturated heterocycles. The molecule has 2 rings (SSSR count). The van der Waals surface area contributed by atoms with Crippen LogP contribution in [0, 0.1) is 0 Å². The summed E-state index contributed by atoms with van der Waals surface area (Å²) in [5.41, 5.74) is 6.14. The summed E-state index contributed by atoms with van der Waals surface area (Å²) in [5, 5.41) is 2.24. The summed E-state index contributed by atoms with van der Waals surface area (Å²) >= 11 is 0. The van der Waals surface area contributed by atoms with Crippen molar-refractivity contribution < 1.29 is 0 Å². The van der Waals surface area contributed by atoms with Gasteiger partial charge in [0.2, 0.25) is 0 Å². The number of benzene rings is 1. The van der Waals surface area contributed by atoms with E-state index in [0.29, 0.717) is 0 Å². The summed E-state index contributed by atoms with van der Waals surface area (Å²) in [6.07, 6.45) is 1.16. The molecule has 1 heterocycles. The molecule has 1 N–H and O–H groups in total. The zero-order chi connectivity index (χ0) is 8.39. The van der Waals surface area contributed by atoms with Gasteiger partial charge in [0.05, 0.1) is 0 Å². The molecule has 64 valence electrons. The number of nitrogens with one attached hydrogen (secondary N) is 1. The molecule has 12 heavy (non-hydrogen) atoms. The lowest BCUT2D eigenvalue weighted by Gasteiger charge is -2.27. The Morgan fingerprint density at radius 3 is 2.75 bits per heavy atom. The van der Waals surface area contributed by atoms with Gasteiger partial charge in [-0.25, -0.2) is 5.01 Å². The maximum Gasteiger partial charge on any atom is 0.0384 e. The Hall–Kier alpha value is -0.860. The van der Waals surface area contributed by atoms with Gasteiger partial charge in [-0.3, -0.25) is 5.43 Å². The molecule has 0 amide bonds. The molecular formula is C10H14N2. The lowest BCUT2D eigenvalue weighted by atomic mass is 10.0. The van der Waals surface area contributed by atoms with E-state index in [9.17, 15) is 0 Å². The molecule has 0 unspecified atom stereocenters. The zero-order valence-electron chi connectivity index (χ0n) is 7.38. The monoisotopic (exact) mass is 162 g/mol. The first-order valence-electron chi connectivity index (χ1n) is 4.39. The van der Waals surface area contributed by atoms with Crippen molar-refractivity contribution in [2.45, 2.75) is 13.0 Å². The second-order valence-electron chi connectivity index (χ2n) is 3.16. The molecule has 0 aromatic heterocycles. The first kappa shape index (κ1) is 7.77. The Labute approximate surface area is 73.2 Å². The fourth-order valence-electron chi connectivity index (χ4n) is 1.69. The molecule has 2 heteroatoms. The highest BCUT2D eigenvalue weighted by atomic mass is 15.5. The molecule has 1 aliphatic rings. The van der Waals surface area contributed by atoms with E-state index in [-0.39, 0.29) is 0 Å². The highest BCUT2D eigenvalue weighted by Crippen LogP contribution is 2.16. The van der Waals surface area contributed by atoms with E-state index < -0.39 is 0 Å². The number of rotatable bonds is 1. The number of hydrogen-bond donors (Lipinski definition) is 1. The van der Waals surface area contributed by atoms with Gasteiger partial charge in [0.15, 0.2) is 0 Å². The van der Waals surface area contributed by atoms with Gasteiger partial charge in [-0.2, -0.15) is 0 Å². The molecule has 0 bridgehead atoms. The second-order valence-corrected chi connectivity index (χ2v) is 3.16. The van der Waals surface area contributed by atoms with Gasteiger partial charge in [0.25, 0.3) is 0 Å². The average molecular weight is 162 g/mol. The van der Waals surface area contributed by atoms with E-state index in [1.54, 1.807) is 0 Å². The largest absolute Gasteiger partial charge is 0.258 e. The maximum absolute atomic E-state index is 3.18. The van der Waals surface area contributed by atoms with Crippen molar-refractivity contribution in [3.63, 3.8) is 0 Å². The SMILES string of the molecule is CNN1CCc2ccccc2C1. The van der Waals surface area contributed by atoms with E-state index in [2.05, 4.69) is 34.7 Å². The molecule has 1 aromatic rings. The van der Waals surface area contributed by atoms with Crippen LogP contribution in [0.2, 0.25) is 0 Å². The van der Waals surface area contributed by atoms with Crippen LogP contribution in [0.25, 0.3) is 0 Å². The number of hydrogen-bond acceptors (Lipinski definition) is 2. The standard InChI is InChI=1S/C10H14N2/c1-11-12-7-6-9-4-2-3-5-10(9)8-12/h2-5,11H,6-8H2,1H3. The van der Waals surface area contributed by atoms with Crippen LogP contribution in [0.5, 0.6) is 0 Å². The number of hydrazine groups is 1. The van der Waals surface area contributed by atoms with Crippen LogP contribution in [0.15, 0.2) is 24.3 Å². The van der Waals surface area contributed by atoms with E-state index >= 15 is 0 Å². The summed E-state index contributed by atoms with van der Waals surface area (Å²) < 4.78 is 0. The smallest absolute Gasteiger partial charge is 0.0384 e. The first-order valence-corrected chi connectivity index (χ1v) is 4.39. The Balaban J connectivity index is 2.23. The molecule has 0 saturated carbocycles. The summed E-state index contributed by atoms with van der Waals surface area (Å²) in [7, 11) is 1.98. The van der Waals surface area contributed by atoms with Crippen LogP contribution in [-0.2, 0) is 13.0 Å². The number of fused-ring (bicyclic) bond motifs is 1. The van der Waals surface area contributed by atoms with Crippen LogP contribution in [-0.4, -0.2) is 18.6 Å². The predicted octanol–water partition coefficient (Wildman–Crippen LogP) is 1.18. The van der Waals surface area contributed by atoms with E-state index in [0.717, 1.165) is 19.5 Å². The van der Waals surface area contributed by atoms with Gasteiger partial charge in [-0.1, -0.05) is 24.3 Å². The second kappa shape index (κ2) is 3.25. The predicted molar refractivity (Wildman–Crippen MR) is 49.6 cm³/mol. The molecule has 0 atom stereocenters. The summed E-state index contributed by atoms with van der Waals surface area (Å²) in [5.74, 6) is 0. The third kappa shape index (κ3) is 1.36. The highest BCUT2D eigenvalue weighted by Gasteiger charge is 2.13. The minimum Gasteiger partial charge on any atom is -0.258 e. The number of nitrogens with zero attached hydrogens (tertiary/aromatic N) is 1. The molecule has 0 radical (unpaired) electrons. The Morgan fingerprint density at radius 1 is 1.25 bits per heavy atom. The quantitative estimate of drug-likeness (QED) is 0.667. The van der Waals surface area contributed by atoms with Crippen molar-refractivity contribution in [3.8, 4) is 0 Å². The topological polar surface area (TPSA) is 15.3 Å². The third-order valence-corrected chi connectivity index (χ3v) is 2.45. The molecule has 0 aliphatic carbocycles. The van der Waals surface area contributed by atoms with Crippen LogP contribution in [0.1, 0.15) is 11.1 Å². The lowest BCUT2D eigenvalue weighted by molar-refractivity contribution is 0.189. The Morgan fingerprint density at radius 2 is 2.00 bits per heavy atom. The van der Waals surface area contributed by atoms with Gasteiger partial charge in [0, 0.05) is 13.1 Å². The van der Waals surface area contributed by atoms with E-state index in [1.807, 2.05) is 7.05 Å². The van der Waals surface area contributed by atoms with Crippen molar-refractivity contribution in [2.75, 3.05) is 13.6 Å². The van der Waals surface area contributed by atoms with Crippen molar-refractivity contribution in [2.24, 2.45) is 0 Å². The van der Waals surface area contributed by atoms with Crippen molar-refractivity contribution >= 4 is 0 Å². The molecule has 2 nitrogen and oxygen atoms in total. The molecule has 0 spiro atoms. The first-order chi connectivity index (χ1) is 5.90. The van der Waals surface area contributed by atoms with Crippen LogP contribution < -0.4 is 5.43 Å². The average Bonchev–Trinajstić information content (AvgIpc) is 2.17. The van der Waals surface area contributed by atoms with Gasteiger partial charge in [-0.05, 0) is 24.6 Å². The van der Waals surface area contributed by atoms with Gasteiger partial charge in [-0.15, -0.1) is 0 Å². The zero-order valence-corrected chi connectivity index (χ0v) is 7.38. The van der Waals surface area contributed by atoms with Gasteiger partial charge in [0.1, 0.15) is 0 Å². The third-order valence-electron chi connectivity index (χ3n) is 2.45.